The zero-order valence-corrected chi connectivity index (χ0v) is 15.3. The lowest BCUT2D eigenvalue weighted by molar-refractivity contribution is -0.142. The second-order valence-corrected chi connectivity index (χ2v) is 5.95. The Morgan fingerprint density at radius 2 is 1.80 bits per heavy atom. The third kappa shape index (κ3) is 5.45. The molecule has 0 atom stereocenters. The Bertz CT molecular complexity index is 1060. The van der Waals surface area contributed by atoms with Crippen molar-refractivity contribution in [2.75, 3.05) is 5.32 Å². The molecular weight excluding hydrogens is 399 g/mol. The zero-order chi connectivity index (χ0) is 21.6. The summed E-state index contributed by atoms with van der Waals surface area (Å²) in [6.07, 6.45) is -5.18. The van der Waals surface area contributed by atoms with Crippen molar-refractivity contribution in [3.05, 3.63) is 77.6 Å². The van der Waals surface area contributed by atoms with Crippen LogP contribution in [0.15, 0.2) is 60.8 Å². The molecule has 3 rings (SSSR count). The van der Waals surface area contributed by atoms with Crippen LogP contribution >= 0.6 is 0 Å². The number of alkyl halides is 3. The maximum absolute atomic E-state index is 13.4. The summed E-state index contributed by atoms with van der Waals surface area (Å²) in [4.78, 5) is 19.1. The highest BCUT2D eigenvalue weighted by Crippen LogP contribution is 2.35. The molecule has 1 heterocycles. The Morgan fingerprint density at radius 3 is 2.43 bits per heavy atom. The van der Waals surface area contributed by atoms with Gasteiger partial charge in [0.05, 0.1) is 17.8 Å². The van der Waals surface area contributed by atoms with Gasteiger partial charge in [0.25, 0.3) is 0 Å². The van der Waals surface area contributed by atoms with E-state index in [4.69, 9.17) is 10.00 Å². The van der Waals surface area contributed by atoms with Crippen LogP contribution in [0.1, 0.15) is 16.8 Å². The first-order chi connectivity index (χ1) is 14.3. The van der Waals surface area contributed by atoms with Gasteiger partial charge in [0.15, 0.2) is 11.4 Å². The maximum atomic E-state index is 13.4. The summed E-state index contributed by atoms with van der Waals surface area (Å²) < 4.78 is 45.0. The van der Waals surface area contributed by atoms with Crippen LogP contribution in [0.3, 0.4) is 0 Å². The first-order valence-electron chi connectivity index (χ1n) is 8.56. The van der Waals surface area contributed by atoms with E-state index < -0.39 is 23.7 Å². The van der Waals surface area contributed by atoms with Crippen molar-refractivity contribution < 1.29 is 22.7 Å². The fraction of sp³-hybridized carbons (Fsp3) is 0.100. The van der Waals surface area contributed by atoms with Gasteiger partial charge in [-0.05, 0) is 29.8 Å². The van der Waals surface area contributed by atoms with Crippen LogP contribution in [-0.4, -0.2) is 16.1 Å². The highest BCUT2D eigenvalue weighted by atomic mass is 19.4. The number of hydrogen-bond acceptors (Lipinski definition) is 6. The van der Waals surface area contributed by atoms with Crippen molar-refractivity contribution in [3.8, 4) is 11.8 Å². The minimum absolute atomic E-state index is 0.0835. The van der Waals surface area contributed by atoms with Crippen LogP contribution in [0.2, 0.25) is 0 Å². The standard InChI is InChI=1S/C20H14F3N5O2/c21-20(22,23)17-16(30-19(29)26-11-14-4-2-1-3-5-14)12-25-18(28-17)27-15-8-6-13(10-24)7-9-15/h1-9,12H,11H2,(H,26,29)(H,25,27,28). The van der Waals surface area contributed by atoms with Gasteiger partial charge in [-0.2, -0.15) is 18.4 Å². The predicted octanol–water partition coefficient (Wildman–Crippen LogP) is 4.40. The van der Waals surface area contributed by atoms with Gasteiger partial charge in [-0.1, -0.05) is 30.3 Å². The second-order valence-electron chi connectivity index (χ2n) is 5.95. The monoisotopic (exact) mass is 413 g/mol. The molecular formula is C20H14F3N5O2. The average molecular weight is 413 g/mol. The molecule has 10 heteroatoms. The second kappa shape index (κ2) is 8.91. The molecule has 1 aromatic heterocycles. The van der Waals surface area contributed by atoms with Crippen LogP contribution in [0.5, 0.6) is 5.75 Å². The normalized spacial score (nSPS) is 10.7. The highest BCUT2D eigenvalue weighted by molar-refractivity contribution is 5.70. The molecule has 0 aliphatic carbocycles. The SMILES string of the molecule is N#Cc1ccc(Nc2ncc(OC(=O)NCc3ccccc3)c(C(F)(F)F)n2)cc1. The molecule has 0 saturated heterocycles. The summed E-state index contributed by atoms with van der Waals surface area (Å²) in [6.45, 7) is 0.0835. The Balaban J connectivity index is 1.74. The van der Waals surface area contributed by atoms with Crippen molar-refractivity contribution in [2.45, 2.75) is 12.7 Å². The first kappa shape index (κ1) is 20.6. The third-order valence-electron chi connectivity index (χ3n) is 3.78. The van der Waals surface area contributed by atoms with E-state index in [9.17, 15) is 18.0 Å². The summed E-state index contributed by atoms with van der Waals surface area (Å²) in [7, 11) is 0. The van der Waals surface area contributed by atoms with Gasteiger partial charge in [-0.15, -0.1) is 0 Å². The number of rotatable bonds is 5. The molecule has 1 amide bonds. The highest BCUT2D eigenvalue weighted by Gasteiger charge is 2.38. The quantitative estimate of drug-likeness (QED) is 0.643. The lowest BCUT2D eigenvalue weighted by atomic mass is 10.2. The molecule has 7 nitrogen and oxygen atoms in total. The van der Waals surface area contributed by atoms with E-state index in [1.165, 1.54) is 24.3 Å². The van der Waals surface area contributed by atoms with Crippen LogP contribution in [0.4, 0.5) is 29.6 Å². The summed E-state index contributed by atoms with van der Waals surface area (Å²) in [6, 6.07) is 16.7. The first-order valence-corrected chi connectivity index (χ1v) is 8.56. The number of nitrogens with zero attached hydrogens (tertiary/aromatic N) is 3. The molecule has 0 aliphatic rings. The average Bonchev–Trinajstić information content (AvgIpc) is 2.74. The van der Waals surface area contributed by atoms with Gasteiger partial charge in [0.1, 0.15) is 0 Å². The van der Waals surface area contributed by atoms with E-state index in [0.717, 1.165) is 11.8 Å². The van der Waals surface area contributed by atoms with E-state index in [1.54, 1.807) is 30.3 Å². The largest absolute Gasteiger partial charge is 0.437 e. The molecule has 0 saturated carbocycles. The van der Waals surface area contributed by atoms with Crippen molar-refractivity contribution in [1.82, 2.24) is 15.3 Å². The minimum Gasteiger partial charge on any atom is -0.406 e. The Morgan fingerprint density at radius 1 is 1.10 bits per heavy atom. The van der Waals surface area contributed by atoms with E-state index in [-0.39, 0.29) is 12.5 Å². The van der Waals surface area contributed by atoms with E-state index >= 15 is 0 Å². The fourth-order valence-corrected chi connectivity index (χ4v) is 2.37. The number of anilines is 2. The number of hydrogen-bond donors (Lipinski definition) is 2. The molecule has 30 heavy (non-hydrogen) atoms. The van der Waals surface area contributed by atoms with Crippen LogP contribution in [0.25, 0.3) is 0 Å². The van der Waals surface area contributed by atoms with Gasteiger partial charge in [-0.3, -0.25) is 0 Å². The van der Waals surface area contributed by atoms with Crippen molar-refractivity contribution in [2.24, 2.45) is 0 Å². The Labute approximate surface area is 169 Å². The molecule has 0 aliphatic heterocycles. The molecule has 3 aromatic rings. The number of carbonyl (C=O) groups is 1. The molecule has 0 radical (unpaired) electrons. The smallest absolute Gasteiger partial charge is 0.406 e. The lowest BCUT2D eigenvalue weighted by Crippen LogP contribution is -2.27. The summed E-state index contributed by atoms with van der Waals surface area (Å²) in [5, 5.41) is 13.8. The molecule has 152 valence electrons. The van der Waals surface area contributed by atoms with Crippen LogP contribution in [-0.2, 0) is 12.7 Å². The number of ether oxygens (including phenoxy) is 1. The molecule has 0 fully saturated rings. The summed E-state index contributed by atoms with van der Waals surface area (Å²) in [5.74, 6) is -1.16. The van der Waals surface area contributed by atoms with Gasteiger partial charge < -0.3 is 15.4 Å². The zero-order valence-electron chi connectivity index (χ0n) is 15.3. The molecule has 0 spiro atoms. The van der Waals surface area contributed by atoms with E-state index in [2.05, 4.69) is 20.6 Å². The number of benzene rings is 2. The lowest BCUT2D eigenvalue weighted by Gasteiger charge is -2.14. The number of halogens is 3. The Kier molecular flexibility index (Phi) is 6.12. The molecule has 2 aromatic carbocycles. The number of nitrogens with one attached hydrogen (secondary N) is 2. The summed E-state index contributed by atoms with van der Waals surface area (Å²) >= 11 is 0. The Hall–Kier alpha value is -4.13. The number of nitriles is 1. The molecule has 0 unspecified atom stereocenters. The van der Waals surface area contributed by atoms with E-state index in [1.807, 2.05) is 6.07 Å². The molecule has 0 bridgehead atoms. The van der Waals surface area contributed by atoms with Gasteiger partial charge in [0, 0.05) is 12.2 Å². The third-order valence-corrected chi connectivity index (χ3v) is 3.78. The van der Waals surface area contributed by atoms with Gasteiger partial charge in [-0.25, -0.2) is 14.8 Å². The van der Waals surface area contributed by atoms with Crippen LogP contribution in [0, 0.1) is 11.3 Å². The van der Waals surface area contributed by atoms with Gasteiger partial charge >= 0.3 is 12.3 Å². The topological polar surface area (TPSA) is 99.9 Å². The fourth-order valence-electron chi connectivity index (χ4n) is 2.37. The maximum Gasteiger partial charge on any atom is 0.437 e. The molecule has 2 N–H and O–H groups in total. The number of carbonyl (C=O) groups excluding carboxylic acids is 1. The number of aromatic nitrogens is 2. The predicted molar refractivity (Wildman–Crippen MR) is 101 cm³/mol. The number of amides is 1. The van der Waals surface area contributed by atoms with Gasteiger partial charge in [0.2, 0.25) is 5.95 Å². The van der Waals surface area contributed by atoms with Crippen molar-refractivity contribution in [1.29, 1.82) is 5.26 Å². The van der Waals surface area contributed by atoms with Crippen molar-refractivity contribution >= 4 is 17.7 Å². The summed E-state index contributed by atoms with van der Waals surface area (Å²) in [5.41, 5.74) is 0.131. The minimum atomic E-state index is -4.88. The van der Waals surface area contributed by atoms with Crippen molar-refractivity contribution in [3.63, 3.8) is 0 Å². The van der Waals surface area contributed by atoms with E-state index in [0.29, 0.717) is 11.3 Å². The van der Waals surface area contributed by atoms with Crippen LogP contribution < -0.4 is 15.4 Å².